The summed E-state index contributed by atoms with van der Waals surface area (Å²) in [6.07, 6.45) is -2.66. The number of aromatic carboxylic acids is 1. The molecule has 0 saturated heterocycles. The summed E-state index contributed by atoms with van der Waals surface area (Å²) in [4.78, 5) is 15.1. The highest BCUT2D eigenvalue weighted by Gasteiger charge is 2.31. The Bertz CT molecular complexity index is 1440. The van der Waals surface area contributed by atoms with Crippen LogP contribution in [0.4, 0.5) is 13.2 Å². The van der Waals surface area contributed by atoms with Crippen molar-refractivity contribution in [3.05, 3.63) is 76.4 Å². The molecule has 2 aromatic carbocycles. The number of carbonyl (C=O) groups is 1. The van der Waals surface area contributed by atoms with Crippen molar-refractivity contribution in [1.82, 2.24) is 9.55 Å². The summed E-state index contributed by atoms with van der Waals surface area (Å²) in [6.45, 7) is 0. The summed E-state index contributed by atoms with van der Waals surface area (Å²) >= 11 is 0.993. The number of thiazole rings is 1. The fourth-order valence-electron chi connectivity index (χ4n) is 3.26. The second kappa shape index (κ2) is 7.73. The third-order valence-corrected chi connectivity index (χ3v) is 6.55. The molecule has 0 amide bonds. The summed E-state index contributed by atoms with van der Waals surface area (Å²) < 4.78 is 64.2. The lowest BCUT2D eigenvalue weighted by Crippen LogP contribution is -2.11. The second-order valence-corrected chi connectivity index (χ2v) is 9.34. The van der Waals surface area contributed by atoms with E-state index < -0.39 is 27.7 Å². The van der Waals surface area contributed by atoms with Gasteiger partial charge in [0.1, 0.15) is 0 Å². The highest BCUT2D eigenvalue weighted by atomic mass is 32.2. The van der Waals surface area contributed by atoms with Crippen molar-refractivity contribution < 1.29 is 31.5 Å². The number of carboxylic acid groups (broad SMARTS) is 1. The summed E-state index contributed by atoms with van der Waals surface area (Å²) in [5, 5.41) is 16.3. The first-order valence-corrected chi connectivity index (χ1v) is 11.4. The minimum absolute atomic E-state index is 0.0533. The van der Waals surface area contributed by atoms with Crippen LogP contribution in [-0.4, -0.2) is 29.0 Å². The maximum atomic E-state index is 13.3. The van der Waals surface area contributed by atoms with Gasteiger partial charge in [-0.15, -0.1) is 11.3 Å². The smallest absolute Gasteiger partial charge is 0.416 e. The van der Waals surface area contributed by atoms with E-state index in [1.165, 1.54) is 28.1 Å². The molecule has 0 radical (unpaired) electrons. The fourth-order valence-corrected chi connectivity index (χ4v) is 4.56. The van der Waals surface area contributed by atoms with Crippen molar-refractivity contribution in [1.29, 1.82) is 0 Å². The first kappa shape index (κ1) is 22.0. The normalized spacial score (nSPS) is 12.4. The molecule has 32 heavy (non-hydrogen) atoms. The predicted molar refractivity (Wildman–Crippen MR) is 112 cm³/mol. The van der Waals surface area contributed by atoms with Crippen LogP contribution < -0.4 is 5.14 Å². The third kappa shape index (κ3) is 4.24. The molecule has 3 N–H and O–H groups in total. The van der Waals surface area contributed by atoms with E-state index in [4.69, 9.17) is 10.2 Å². The first-order chi connectivity index (χ1) is 14.9. The molecule has 4 aromatic rings. The van der Waals surface area contributed by atoms with Crippen molar-refractivity contribution in [3.63, 3.8) is 0 Å². The molecule has 2 heterocycles. The molecular formula is C20H14F3N3O4S2. The van der Waals surface area contributed by atoms with Crippen LogP contribution in [0.25, 0.3) is 16.0 Å². The monoisotopic (exact) mass is 481 g/mol. The molecule has 0 aliphatic heterocycles. The number of halogens is 3. The lowest BCUT2D eigenvalue weighted by molar-refractivity contribution is -0.137. The molecule has 2 aromatic heterocycles. The number of alkyl halides is 3. The number of primary sulfonamides is 1. The van der Waals surface area contributed by atoms with Gasteiger partial charge in [0.2, 0.25) is 10.0 Å². The Morgan fingerprint density at radius 2 is 1.84 bits per heavy atom. The Labute approximate surface area is 183 Å². The average molecular weight is 481 g/mol. The summed E-state index contributed by atoms with van der Waals surface area (Å²) in [5.74, 6) is -1.24. The Morgan fingerprint density at radius 1 is 1.16 bits per heavy atom. The van der Waals surface area contributed by atoms with Gasteiger partial charge >= 0.3 is 12.1 Å². The number of carboxylic acids is 1. The number of hydrogen-bond donors (Lipinski definition) is 2. The number of sulfonamides is 1. The van der Waals surface area contributed by atoms with E-state index in [-0.39, 0.29) is 27.7 Å². The molecule has 0 aliphatic rings. The van der Waals surface area contributed by atoms with E-state index in [2.05, 4.69) is 4.98 Å². The molecule has 0 unspecified atom stereocenters. The highest BCUT2D eigenvalue weighted by molar-refractivity contribution is 7.89. The molecule has 0 saturated carbocycles. The SMILES string of the molecule is NS(=O)(=O)c1ccc(Cc2cn(-c3nc(C(=O)O)cs3)c3cc(C(F)(F)F)ccc23)cc1. The third-order valence-electron chi connectivity index (χ3n) is 4.78. The topological polar surface area (TPSA) is 115 Å². The quantitative estimate of drug-likeness (QED) is 0.446. The number of hydrogen-bond acceptors (Lipinski definition) is 5. The Balaban J connectivity index is 1.83. The largest absolute Gasteiger partial charge is 0.476 e. The molecule has 7 nitrogen and oxygen atoms in total. The van der Waals surface area contributed by atoms with E-state index in [0.29, 0.717) is 16.5 Å². The van der Waals surface area contributed by atoms with Gasteiger partial charge < -0.3 is 5.11 Å². The van der Waals surface area contributed by atoms with Crippen LogP contribution >= 0.6 is 11.3 Å². The van der Waals surface area contributed by atoms with Gasteiger partial charge in [0.15, 0.2) is 10.8 Å². The zero-order valence-electron chi connectivity index (χ0n) is 16.0. The summed E-state index contributed by atoms with van der Waals surface area (Å²) in [7, 11) is -3.85. The first-order valence-electron chi connectivity index (χ1n) is 8.95. The molecule has 0 aliphatic carbocycles. The Morgan fingerprint density at radius 3 is 2.41 bits per heavy atom. The lowest BCUT2D eigenvalue weighted by Gasteiger charge is -2.08. The van der Waals surface area contributed by atoms with Crippen LogP contribution in [0, 0.1) is 0 Å². The van der Waals surface area contributed by atoms with Crippen LogP contribution in [-0.2, 0) is 22.6 Å². The molecule has 0 fully saturated rings. The van der Waals surface area contributed by atoms with Crippen molar-refractivity contribution in [2.45, 2.75) is 17.5 Å². The maximum absolute atomic E-state index is 13.3. The van der Waals surface area contributed by atoms with Gasteiger partial charge in [0.25, 0.3) is 0 Å². The van der Waals surface area contributed by atoms with Crippen LogP contribution in [0.15, 0.2) is 58.9 Å². The number of fused-ring (bicyclic) bond motifs is 1. The van der Waals surface area contributed by atoms with Crippen molar-refractivity contribution in [2.75, 3.05) is 0 Å². The van der Waals surface area contributed by atoms with E-state index >= 15 is 0 Å². The van der Waals surface area contributed by atoms with Gasteiger partial charge in [-0.2, -0.15) is 13.2 Å². The number of rotatable bonds is 5. The maximum Gasteiger partial charge on any atom is 0.416 e. The highest BCUT2D eigenvalue weighted by Crippen LogP contribution is 2.35. The molecule has 0 bridgehead atoms. The number of nitrogens with two attached hydrogens (primary N) is 1. The standard InChI is InChI=1S/C20H14F3N3O4S2/c21-20(22,23)13-3-6-15-12(7-11-1-4-14(5-2-11)32(24,29)30)9-26(17(15)8-13)19-25-16(10-31-19)18(27)28/h1-6,8-10H,7H2,(H,27,28)(H2,24,29,30). The van der Waals surface area contributed by atoms with Crippen LogP contribution in [0.5, 0.6) is 0 Å². The van der Waals surface area contributed by atoms with Crippen LogP contribution in [0.2, 0.25) is 0 Å². The molecule has 0 atom stereocenters. The summed E-state index contributed by atoms with van der Waals surface area (Å²) in [5.41, 5.74) is 0.538. The zero-order chi connectivity index (χ0) is 23.3. The lowest BCUT2D eigenvalue weighted by atomic mass is 10.0. The minimum atomic E-state index is -4.55. The van der Waals surface area contributed by atoms with E-state index in [9.17, 15) is 26.4 Å². The van der Waals surface area contributed by atoms with Gasteiger partial charge in [-0.25, -0.2) is 23.3 Å². The van der Waals surface area contributed by atoms with Crippen molar-refractivity contribution in [2.24, 2.45) is 5.14 Å². The van der Waals surface area contributed by atoms with Crippen LogP contribution in [0.1, 0.15) is 27.2 Å². The van der Waals surface area contributed by atoms with Crippen LogP contribution in [0.3, 0.4) is 0 Å². The van der Waals surface area contributed by atoms with E-state index in [1.54, 1.807) is 18.3 Å². The molecule has 12 heteroatoms. The Hall–Kier alpha value is -3.22. The van der Waals surface area contributed by atoms with Gasteiger partial charge in [0.05, 0.1) is 16.0 Å². The number of aromatic nitrogens is 2. The zero-order valence-corrected chi connectivity index (χ0v) is 17.6. The fraction of sp³-hybridized carbons (Fsp3) is 0.100. The van der Waals surface area contributed by atoms with Crippen molar-refractivity contribution in [3.8, 4) is 5.13 Å². The molecule has 166 valence electrons. The molecule has 4 rings (SSSR count). The van der Waals surface area contributed by atoms with Gasteiger partial charge in [0, 0.05) is 17.0 Å². The van der Waals surface area contributed by atoms with E-state index in [0.717, 1.165) is 23.5 Å². The van der Waals surface area contributed by atoms with E-state index in [1.807, 2.05) is 0 Å². The van der Waals surface area contributed by atoms with Crippen molar-refractivity contribution >= 4 is 38.2 Å². The second-order valence-electron chi connectivity index (χ2n) is 6.94. The predicted octanol–water partition coefficient (Wildman–Crippen LogP) is 4.04. The molecule has 0 spiro atoms. The summed E-state index contributed by atoms with van der Waals surface area (Å²) in [6, 6.07) is 9.17. The Kier molecular flexibility index (Phi) is 5.31. The van der Waals surface area contributed by atoms with Gasteiger partial charge in [-0.3, -0.25) is 4.57 Å². The number of benzene rings is 2. The molecular weight excluding hydrogens is 467 g/mol. The number of nitrogens with zero attached hydrogens (tertiary/aromatic N) is 2. The van der Waals surface area contributed by atoms with Gasteiger partial charge in [-0.05, 0) is 41.8 Å². The average Bonchev–Trinajstić information content (AvgIpc) is 3.32. The minimum Gasteiger partial charge on any atom is -0.476 e. The van der Waals surface area contributed by atoms with Gasteiger partial charge in [-0.1, -0.05) is 18.2 Å².